The lowest BCUT2D eigenvalue weighted by Gasteiger charge is -2.21. The fourth-order valence-corrected chi connectivity index (χ4v) is 2.18. The number of halogens is 2. The van der Waals surface area contributed by atoms with Crippen LogP contribution in [0.15, 0.2) is 18.2 Å². The monoisotopic (exact) mass is 319 g/mol. The molecule has 0 saturated heterocycles. The summed E-state index contributed by atoms with van der Waals surface area (Å²) in [4.78, 5) is 2.21. The molecule has 0 unspecified atom stereocenters. The Hall–Kier alpha value is -0.650. The molecule has 0 atom stereocenters. The topological polar surface area (TPSA) is 21.7 Å². The average Bonchev–Trinajstić information content (AvgIpc) is 2.36. The van der Waals surface area contributed by atoms with E-state index in [4.69, 9.17) is 9.47 Å². The molecule has 1 aromatic rings. The van der Waals surface area contributed by atoms with Crippen LogP contribution in [0.5, 0.6) is 5.75 Å². The van der Waals surface area contributed by atoms with Gasteiger partial charge in [-0.15, -0.1) is 0 Å². The Morgan fingerprint density at radius 2 is 2.06 bits per heavy atom. The predicted molar refractivity (Wildman–Crippen MR) is 73.9 cm³/mol. The van der Waals surface area contributed by atoms with E-state index in [1.807, 2.05) is 6.07 Å². The quantitative estimate of drug-likeness (QED) is 0.688. The van der Waals surface area contributed by atoms with E-state index < -0.39 is 0 Å². The minimum absolute atomic E-state index is 0.280. The number of hydrogen-bond acceptors (Lipinski definition) is 3. The van der Waals surface area contributed by atoms with Gasteiger partial charge in [0.2, 0.25) is 0 Å². The number of nitrogens with zero attached hydrogens (tertiary/aromatic N) is 1. The average molecular weight is 320 g/mol. The maximum atomic E-state index is 13.6. The van der Waals surface area contributed by atoms with Crippen molar-refractivity contribution in [2.24, 2.45) is 0 Å². The third kappa shape index (κ3) is 4.92. The fraction of sp³-hybridized carbons (Fsp3) is 0.538. The first kappa shape index (κ1) is 15.4. The largest absolute Gasteiger partial charge is 0.494 e. The molecule has 0 saturated carbocycles. The first-order valence-corrected chi connectivity index (χ1v) is 6.93. The van der Waals surface area contributed by atoms with Crippen LogP contribution in [0, 0.1) is 5.82 Å². The molecule has 0 bridgehead atoms. The van der Waals surface area contributed by atoms with Gasteiger partial charge in [-0.1, -0.05) is 22.0 Å². The second-order valence-corrected chi connectivity index (χ2v) is 4.72. The summed E-state index contributed by atoms with van der Waals surface area (Å²) in [6.07, 6.45) is 0. The van der Waals surface area contributed by atoms with Crippen molar-refractivity contribution in [1.82, 2.24) is 4.90 Å². The van der Waals surface area contributed by atoms with Crippen LogP contribution in [0.4, 0.5) is 4.39 Å². The van der Waals surface area contributed by atoms with E-state index in [9.17, 15) is 4.39 Å². The molecular formula is C13H19BrFNO2. The van der Waals surface area contributed by atoms with Gasteiger partial charge in [0.1, 0.15) is 0 Å². The van der Waals surface area contributed by atoms with Crippen molar-refractivity contribution in [3.63, 3.8) is 0 Å². The Labute approximate surface area is 116 Å². The molecule has 0 amide bonds. The Balaban J connectivity index is 2.64. The van der Waals surface area contributed by atoms with Crippen LogP contribution in [0.3, 0.4) is 0 Å². The Morgan fingerprint density at radius 3 is 2.61 bits per heavy atom. The number of benzene rings is 1. The molecule has 0 aromatic heterocycles. The Morgan fingerprint density at radius 1 is 1.28 bits per heavy atom. The van der Waals surface area contributed by atoms with Gasteiger partial charge in [-0.25, -0.2) is 4.39 Å². The van der Waals surface area contributed by atoms with Gasteiger partial charge in [0.25, 0.3) is 0 Å². The highest BCUT2D eigenvalue weighted by Gasteiger charge is 2.08. The van der Waals surface area contributed by atoms with Gasteiger partial charge >= 0.3 is 0 Å². The summed E-state index contributed by atoms with van der Waals surface area (Å²) < 4.78 is 23.5. The zero-order valence-corrected chi connectivity index (χ0v) is 12.4. The number of methoxy groups -OCH3 is 2. The lowest BCUT2D eigenvalue weighted by atomic mass is 10.2. The molecule has 0 spiro atoms. The minimum atomic E-state index is -0.319. The van der Waals surface area contributed by atoms with Gasteiger partial charge in [-0.05, 0) is 17.7 Å². The predicted octanol–water partition coefficient (Wildman–Crippen LogP) is 2.68. The molecule has 0 aliphatic carbocycles. The van der Waals surface area contributed by atoms with Crippen LogP contribution in [-0.4, -0.2) is 44.1 Å². The molecule has 0 radical (unpaired) electrons. The van der Waals surface area contributed by atoms with E-state index in [-0.39, 0.29) is 11.6 Å². The summed E-state index contributed by atoms with van der Waals surface area (Å²) in [6, 6.07) is 5.07. The van der Waals surface area contributed by atoms with Crippen molar-refractivity contribution in [1.29, 1.82) is 0 Å². The van der Waals surface area contributed by atoms with Crippen LogP contribution >= 0.6 is 15.9 Å². The minimum Gasteiger partial charge on any atom is -0.494 e. The third-order valence-corrected chi connectivity index (χ3v) is 2.99. The van der Waals surface area contributed by atoms with Crippen molar-refractivity contribution in [3.8, 4) is 5.75 Å². The SMILES string of the molecule is COCCN(CCBr)Cc1ccc(OC)c(F)c1. The van der Waals surface area contributed by atoms with Gasteiger partial charge in [-0.3, -0.25) is 4.90 Å². The van der Waals surface area contributed by atoms with E-state index in [2.05, 4.69) is 20.8 Å². The summed E-state index contributed by atoms with van der Waals surface area (Å²) in [7, 11) is 3.15. The maximum Gasteiger partial charge on any atom is 0.165 e. The van der Waals surface area contributed by atoms with Crippen molar-refractivity contribution in [2.45, 2.75) is 6.54 Å². The summed E-state index contributed by atoms with van der Waals surface area (Å²) >= 11 is 3.42. The molecule has 3 nitrogen and oxygen atoms in total. The smallest absolute Gasteiger partial charge is 0.165 e. The van der Waals surface area contributed by atoms with Crippen molar-refractivity contribution < 1.29 is 13.9 Å². The van der Waals surface area contributed by atoms with E-state index in [1.54, 1.807) is 13.2 Å². The van der Waals surface area contributed by atoms with Crippen LogP contribution < -0.4 is 4.74 Å². The standard InChI is InChI=1S/C13H19BrFNO2/c1-17-8-7-16(6-5-14)10-11-3-4-13(18-2)12(15)9-11/h3-4,9H,5-8,10H2,1-2H3. The second kappa shape index (κ2) is 8.45. The molecule has 0 fully saturated rings. The highest BCUT2D eigenvalue weighted by atomic mass is 79.9. The molecule has 0 aliphatic heterocycles. The van der Waals surface area contributed by atoms with Crippen molar-refractivity contribution >= 4 is 15.9 Å². The molecular weight excluding hydrogens is 301 g/mol. The van der Waals surface area contributed by atoms with E-state index in [0.29, 0.717) is 13.2 Å². The zero-order chi connectivity index (χ0) is 13.4. The molecule has 5 heteroatoms. The van der Waals surface area contributed by atoms with Crippen LogP contribution in [-0.2, 0) is 11.3 Å². The fourth-order valence-electron chi connectivity index (χ4n) is 1.68. The molecule has 18 heavy (non-hydrogen) atoms. The molecule has 0 heterocycles. The van der Waals surface area contributed by atoms with Crippen molar-refractivity contribution in [3.05, 3.63) is 29.6 Å². The molecule has 102 valence electrons. The summed E-state index contributed by atoms with van der Waals surface area (Å²) in [5, 5.41) is 0.884. The highest BCUT2D eigenvalue weighted by molar-refractivity contribution is 9.09. The first-order valence-electron chi connectivity index (χ1n) is 5.81. The Bertz CT molecular complexity index is 363. The summed E-state index contributed by atoms with van der Waals surface area (Å²) in [5.74, 6) is -0.0387. The molecule has 0 aliphatic rings. The highest BCUT2D eigenvalue weighted by Crippen LogP contribution is 2.18. The van der Waals surface area contributed by atoms with Gasteiger partial charge in [-0.2, -0.15) is 0 Å². The maximum absolute atomic E-state index is 13.6. The Kier molecular flexibility index (Phi) is 7.23. The number of ether oxygens (including phenoxy) is 2. The normalized spacial score (nSPS) is 10.9. The van der Waals surface area contributed by atoms with E-state index in [0.717, 1.165) is 24.0 Å². The first-order chi connectivity index (χ1) is 8.71. The van der Waals surface area contributed by atoms with Crippen LogP contribution in [0.1, 0.15) is 5.56 Å². The lowest BCUT2D eigenvalue weighted by Crippen LogP contribution is -2.28. The molecule has 1 aromatic carbocycles. The van der Waals surface area contributed by atoms with Gasteiger partial charge in [0.15, 0.2) is 11.6 Å². The number of hydrogen-bond donors (Lipinski definition) is 0. The number of rotatable bonds is 8. The van der Waals surface area contributed by atoms with Crippen LogP contribution in [0.2, 0.25) is 0 Å². The van der Waals surface area contributed by atoms with Crippen LogP contribution in [0.25, 0.3) is 0 Å². The summed E-state index contributed by atoms with van der Waals surface area (Å²) in [5.41, 5.74) is 0.936. The second-order valence-electron chi connectivity index (χ2n) is 3.93. The van der Waals surface area contributed by atoms with Gasteiger partial charge in [0, 0.05) is 32.1 Å². The van der Waals surface area contributed by atoms with E-state index in [1.165, 1.54) is 13.2 Å². The number of alkyl halides is 1. The van der Waals surface area contributed by atoms with Gasteiger partial charge in [0.05, 0.1) is 13.7 Å². The third-order valence-electron chi connectivity index (χ3n) is 2.63. The molecule has 0 N–H and O–H groups in total. The van der Waals surface area contributed by atoms with Gasteiger partial charge < -0.3 is 9.47 Å². The van der Waals surface area contributed by atoms with Crippen molar-refractivity contribution in [2.75, 3.05) is 39.2 Å². The molecule has 1 rings (SSSR count). The summed E-state index contributed by atoms with van der Waals surface area (Å²) in [6.45, 7) is 3.11. The van der Waals surface area contributed by atoms with E-state index >= 15 is 0 Å². The zero-order valence-electron chi connectivity index (χ0n) is 10.8. The lowest BCUT2D eigenvalue weighted by molar-refractivity contribution is 0.148.